The fourth-order valence-electron chi connectivity index (χ4n) is 1.31. The zero-order chi connectivity index (χ0) is 8.39. The average Bonchev–Trinajstić information content (AvgIpc) is 2.57. The van der Waals surface area contributed by atoms with Crippen molar-refractivity contribution in [1.82, 2.24) is 0 Å². The van der Waals surface area contributed by atoms with Crippen LogP contribution in [-0.4, -0.2) is 13.2 Å². The van der Waals surface area contributed by atoms with E-state index in [1.54, 1.807) is 0 Å². The Bertz CT molecular complexity index is 269. The number of pyridine rings is 1. The van der Waals surface area contributed by atoms with Crippen molar-refractivity contribution >= 4 is 0 Å². The minimum Gasteiger partial charge on any atom is -0.341 e. The second-order valence-electron chi connectivity index (χ2n) is 2.81. The highest BCUT2D eigenvalue weighted by Crippen LogP contribution is 2.19. The molecule has 64 valence electrons. The third kappa shape index (κ3) is 1.33. The molecule has 0 aromatic carbocycles. The second-order valence-corrected chi connectivity index (χ2v) is 2.81. The molecule has 12 heavy (non-hydrogen) atoms. The molecule has 1 fully saturated rings. The van der Waals surface area contributed by atoms with Crippen LogP contribution in [0.1, 0.15) is 12.0 Å². The number of hydrogen-bond acceptors (Lipinski definition) is 2. The normalized spacial score (nSPS) is 18.4. The molecule has 0 N–H and O–H groups in total. The van der Waals surface area contributed by atoms with E-state index in [1.165, 1.54) is 0 Å². The molecule has 1 aliphatic heterocycles. The molecule has 0 spiro atoms. The smallest absolute Gasteiger partial charge is 0.245 e. The fraction of sp³-hybridized carbons (Fsp3) is 0.444. The summed E-state index contributed by atoms with van der Waals surface area (Å²) in [6.07, 6.45) is 1.82. The summed E-state index contributed by atoms with van der Waals surface area (Å²) in [4.78, 5) is 0. The second kappa shape index (κ2) is 3.21. The van der Waals surface area contributed by atoms with Crippen molar-refractivity contribution in [2.45, 2.75) is 6.29 Å². The van der Waals surface area contributed by atoms with E-state index in [0.717, 1.165) is 5.69 Å². The summed E-state index contributed by atoms with van der Waals surface area (Å²) in [5.74, 6) is 0. The zero-order valence-electron chi connectivity index (χ0n) is 7.06. The number of aryl methyl sites for hydroxylation is 1. The molecule has 1 saturated heterocycles. The van der Waals surface area contributed by atoms with E-state index in [4.69, 9.17) is 9.47 Å². The van der Waals surface area contributed by atoms with Crippen molar-refractivity contribution in [3.8, 4) is 0 Å². The standard InChI is InChI=1S/C9H12NO2/c1-10-5-3-2-4-8(10)9-11-6-7-12-9/h2-5,9H,6-7H2,1H3/q+1. The molecule has 1 aromatic rings. The lowest BCUT2D eigenvalue weighted by molar-refractivity contribution is -0.685. The summed E-state index contributed by atoms with van der Waals surface area (Å²) >= 11 is 0. The molecule has 2 heterocycles. The van der Waals surface area contributed by atoms with Gasteiger partial charge in [-0.3, -0.25) is 0 Å². The van der Waals surface area contributed by atoms with Crippen LogP contribution in [0.5, 0.6) is 0 Å². The van der Waals surface area contributed by atoms with Gasteiger partial charge in [0.2, 0.25) is 12.0 Å². The number of nitrogens with zero attached hydrogens (tertiary/aromatic N) is 1. The van der Waals surface area contributed by atoms with Crippen LogP contribution in [0.3, 0.4) is 0 Å². The first-order valence-corrected chi connectivity index (χ1v) is 4.06. The van der Waals surface area contributed by atoms with Gasteiger partial charge in [-0.25, -0.2) is 4.57 Å². The van der Waals surface area contributed by atoms with Gasteiger partial charge in [-0.1, -0.05) is 0 Å². The van der Waals surface area contributed by atoms with E-state index >= 15 is 0 Å². The van der Waals surface area contributed by atoms with Crippen LogP contribution in [0, 0.1) is 0 Å². The molecule has 0 radical (unpaired) electrons. The van der Waals surface area contributed by atoms with Gasteiger partial charge < -0.3 is 9.47 Å². The predicted molar refractivity (Wildman–Crippen MR) is 42.3 cm³/mol. The van der Waals surface area contributed by atoms with E-state index in [9.17, 15) is 0 Å². The van der Waals surface area contributed by atoms with Crippen molar-refractivity contribution < 1.29 is 14.0 Å². The molecular formula is C9H12NO2+. The van der Waals surface area contributed by atoms with Crippen LogP contribution in [-0.2, 0) is 16.5 Å². The number of ether oxygens (including phenoxy) is 2. The Balaban J connectivity index is 2.26. The minimum atomic E-state index is -0.170. The minimum absolute atomic E-state index is 0.170. The van der Waals surface area contributed by atoms with Gasteiger partial charge in [-0.15, -0.1) is 0 Å². The van der Waals surface area contributed by atoms with Crippen molar-refractivity contribution in [3.63, 3.8) is 0 Å². The van der Waals surface area contributed by atoms with Gasteiger partial charge in [0.05, 0.1) is 13.2 Å². The predicted octanol–water partition coefficient (Wildman–Crippen LogP) is 0.556. The van der Waals surface area contributed by atoms with Gasteiger partial charge in [0.25, 0.3) is 0 Å². The summed E-state index contributed by atoms with van der Waals surface area (Å²) in [7, 11) is 1.99. The van der Waals surface area contributed by atoms with E-state index in [2.05, 4.69) is 0 Å². The van der Waals surface area contributed by atoms with Gasteiger partial charge in [0.1, 0.15) is 7.05 Å². The zero-order valence-corrected chi connectivity index (χ0v) is 7.06. The summed E-state index contributed by atoms with van der Waals surface area (Å²) in [6.45, 7) is 1.39. The van der Waals surface area contributed by atoms with Crippen molar-refractivity contribution in [2.24, 2.45) is 7.05 Å². The summed E-state index contributed by atoms with van der Waals surface area (Å²) in [6, 6.07) is 5.98. The van der Waals surface area contributed by atoms with E-state index in [0.29, 0.717) is 13.2 Å². The number of hydrogen-bond donors (Lipinski definition) is 0. The summed E-state index contributed by atoms with van der Waals surface area (Å²) in [5.41, 5.74) is 1.06. The fourth-order valence-corrected chi connectivity index (χ4v) is 1.31. The van der Waals surface area contributed by atoms with Gasteiger partial charge in [-0.2, -0.15) is 0 Å². The maximum Gasteiger partial charge on any atom is 0.245 e. The topological polar surface area (TPSA) is 22.3 Å². The molecule has 3 heteroatoms. The Kier molecular flexibility index (Phi) is 2.06. The molecule has 2 rings (SSSR count). The van der Waals surface area contributed by atoms with Crippen LogP contribution >= 0.6 is 0 Å². The third-order valence-corrected chi connectivity index (χ3v) is 1.96. The molecule has 0 amide bonds. The molecule has 3 nitrogen and oxygen atoms in total. The lowest BCUT2D eigenvalue weighted by Crippen LogP contribution is -2.34. The Morgan fingerprint density at radius 3 is 2.75 bits per heavy atom. The highest BCUT2D eigenvalue weighted by atomic mass is 16.7. The average molecular weight is 166 g/mol. The third-order valence-electron chi connectivity index (χ3n) is 1.96. The van der Waals surface area contributed by atoms with Crippen molar-refractivity contribution in [2.75, 3.05) is 13.2 Å². The van der Waals surface area contributed by atoms with Crippen molar-refractivity contribution in [3.05, 3.63) is 30.1 Å². The highest BCUT2D eigenvalue weighted by molar-refractivity contribution is 4.99. The van der Waals surface area contributed by atoms with Crippen LogP contribution in [0.25, 0.3) is 0 Å². The van der Waals surface area contributed by atoms with Crippen LogP contribution in [0.4, 0.5) is 0 Å². The Morgan fingerprint density at radius 2 is 2.08 bits per heavy atom. The number of aromatic nitrogens is 1. The first-order valence-electron chi connectivity index (χ1n) is 4.06. The summed E-state index contributed by atoms with van der Waals surface area (Å²) in [5, 5.41) is 0. The molecule has 0 aliphatic carbocycles. The van der Waals surface area contributed by atoms with Gasteiger partial charge in [0.15, 0.2) is 6.20 Å². The molecule has 0 saturated carbocycles. The quantitative estimate of drug-likeness (QED) is 0.569. The first kappa shape index (κ1) is 7.71. The van der Waals surface area contributed by atoms with Gasteiger partial charge >= 0.3 is 0 Å². The Hall–Kier alpha value is -0.930. The Labute approximate surface area is 71.5 Å². The molecule has 0 bridgehead atoms. The van der Waals surface area contributed by atoms with E-state index in [1.807, 2.05) is 36.0 Å². The first-order chi connectivity index (χ1) is 5.88. The maximum absolute atomic E-state index is 5.38. The summed E-state index contributed by atoms with van der Waals surface area (Å²) < 4.78 is 12.8. The van der Waals surface area contributed by atoms with E-state index in [-0.39, 0.29) is 6.29 Å². The van der Waals surface area contributed by atoms with Crippen molar-refractivity contribution in [1.29, 1.82) is 0 Å². The van der Waals surface area contributed by atoms with Crippen LogP contribution < -0.4 is 4.57 Å². The van der Waals surface area contributed by atoms with Crippen LogP contribution in [0.15, 0.2) is 24.4 Å². The SMILES string of the molecule is C[n+]1ccccc1C1OCCO1. The highest BCUT2D eigenvalue weighted by Gasteiger charge is 2.25. The molecule has 1 aromatic heterocycles. The van der Waals surface area contributed by atoms with Crippen LogP contribution in [0.2, 0.25) is 0 Å². The Morgan fingerprint density at radius 1 is 1.33 bits per heavy atom. The largest absolute Gasteiger partial charge is 0.341 e. The molecular weight excluding hydrogens is 154 g/mol. The lowest BCUT2D eigenvalue weighted by Gasteiger charge is -2.05. The number of rotatable bonds is 1. The van der Waals surface area contributed by atoms with E-state index < -0.39 is 0 Å². The van der Waals surface area contributed by atoms with Gasteiger partial charge in [-0.05, 0) is 6.07 Å². The van der Waals surface area contributed by atoms with Gasteiger partial charge in [0, 0.05) is 12.1 Å². The molecule has 0 atom stereocenters. The lowest BCUT2D eigenvalue weighted by atomic mass is 10.3. The maximum atomic E-state index is 5.38. The monoisotopic (exact) mass is 166 g/mol. The molecule has 0 unspecified atom stereocenters. The molecule has 1 aliphatic rings.